The molecule has 0 bridgehead atoms. The first-order chi connectivity index (χ1) is 5.88. The molecule has 1 aromatic rings. The second-order valence-corrected chi connectivity index (χ2v) is 2.26. The predicted molar refractivity (Wildman–Crippen MR) is 50.3 cm³/mol. The van der Waals surface area contributed by atoms with E-state index in [9.17, 15) is 0 Å². The molecule has 1 rings (SSSR count). The van der Waals surface area contributed by atoms with Gasteiger partial charge in [0.1, 0.15) is 5.75 Å². The maximum Gasteiger partial charge on any atom is 0.141 e. The summed E-state index contributed by atoms with van der Waals surface area (Å²) in [6.45, 7) is 0.514. The first kappa shape index (κ1) is 8.48. The van der Waals surface area contributed by atoms with E-state index in [0.29, 0.717) is 6.54 Å². The molecule has 2 heteroatoms. The molecule has 2 nitrogen and oxygen atoms in total. The van der Waals surface area contributed by atoms with Crippen LogP contribution in [0.25, 0.3) is 0 Å². The molecule has 62 valence electrons. The van der Waals surface area contributed by atoms with Crippen LogP contribution in [0.4, 0.5) is 5.69 Å². The molecular weight excluding hydrogens is 150 g/mol. The topological polar surface area (TPSA) is 21.3 Å². The highest BCUT2D eigenvalue weighted by atomic mass is 16.5. The summed E-state index contributed by atoms with van der Waals surface area (Å²) in [5, 5.41) is 3.05. The van der Waals surface area contributed by atoms with Crippen LogP contribution < -0.4 is 10.1 Å². The highest BCUT2D eigenvalue weighted by Crippen LogP contribution is 2.22. The van der Waals surface area contributed by atoms with Gasteiger partial charge in [0.05, 0.1) is 19.3 Å². The van der Waals surface area contributed by atoms with Crippen LogP contribution in [0.3, 0.4) is 0 Å². The lowest BCUT2D eigenvalue weighted by atomic mass is 10.3. The molecule has 0 aliphatic carbocycles. The van der Waals surface area contributed by atoms with Gasteiger partial charge in [0.25, 0.3) is 0 Å². The number of hydrogen-bond acceptors (Lipinski definition) is 2. The molecule has 0 saturated heterocycles. The number of terminal acetylenes is 1. The number of benzene rings is 1. The van der Waals surface area contributed by atoms with E-state index >= 15 is 0 Å². The summed E-state index contributed by atoms with van der Waals surface area (Å²) in [5.41, 5.74) is 0.929. The van der Waals surface area contributed by atoms with Gasteiger partial charge in [0.15, 0.2) is 0 Å². The van der Waals surface area contributed by atoms with Gasteiger partial charge in [-0.3, -0.25) is 0 Å². The minimum Gasteiger partial charge on any atom is -0.495 e. The molecule has 0 spiro atoms. The second-order valence-electron chi connectivity index (χ2n) is 2.26. The Morgan fingerprint density at radius 1 is 1.50 bits per heavy atom. The molecule has 12 heavy (non-hydrogen) atoms. The van der Waals surface area contributed by atoms with Crippen molar-refractivity contribution in [2.45, 2.75) is 0 Å². The summed E-state index contributed by atoms with van der Waals surface area (Å²) >= 11 is 0. The molecule has 0 atom stereocenters. The summed E-state index contributed by atoms with van der Waals surface area (Å²) < 4.78 is 5.11. The van der Waals surface area contributed by atoms with Crippen molar-refractivity contribution in [1.29, 1.82) is 0 Å². The van der Waals surface area contributed by atoms with Crippen LogP contribution in [0.1, 0.15) is 0 Å². The van der Waals surface area contributed by atoms with Crippen LogP contribution in [0.2, 0.25) is 0 Å². The lowest BCUT2D eigenvalue weighted by molar-refractivity contribution is 0.416. The van der Waals surface area contributed by atoms with Crippen molar-refractivity contribution < 1.29 is 4.74 Å². The van der Waals surface area contributed by atoms with Gasteiger partial charge >= 0.3 is 0 Å². The average Bonchev–Trinajstić information content (AvgIpc) is 2.15. The molecule has 0 unspecified atom stereocenters. The number of nitrogens with one attached hydrogen (secondary N) is 1. The van der Waals surface area contributed by atoms with E-state index in [2.05, 4.69) is 11.2 Å². The fourth-order valence-electron chi connectivity index (χ4n) is 0.937. The molecule has 1 N–H and O–H groups in total. The molecular formula is C10H11NO. The summed E-state index contributed by atoms with van der Waals surface area (Å²) in [5.74, 6) is 3.31. The second kappa shape index (κ2) is 4.30. The van der Waals surface area contributed by atoms with Gasteiger partial charge in [-0.1, -0.05) is 18.1 Å². The Hall–Kier alpha value is -1.62. The van der Waals surface area contributed by atoms with Gasteiger partial charge in [0, 0.05) is 0 Å². The normalized spacial score (nSPS) is 8.67. The summed E-state index contributed by atoms with van der Waals surface area (Å²) in [4.78, 5) is 0. The monoisotopic (exact) mass is 161 g/mol. The Balaban J connectivity index is 2.76. The lowest BCUT2D eigenvalue weighted by Gasteiger charge is -2.07. The summed E-state index contributed by atoms with van der Waals surface area (Å²) in [6, 6.07) is 7.66. The van der Waals surface area contributed by atoms with E-state index in [1.54, 1.807) is 7.11 Å². The van der Waals surface area contributed by atoms with Crippen LogP contribution in [0.15, 0.2) is 24.3 Å². The molecule has 1 aromatic carbocycles. The largest absolute Gasteiger partial charge is 0.495 e. The minimum absolute atomic E-state index is 0.514. The highest BCUT2D eigenvalue weighted by molar-refractivity contribution is 5.56. The average molecular weight is 161 g/mol. The van der Waals surface area contributed by atoms with Gasteiger partial charge in [-0.05, 0) is 12.1 Å². The van der Waals surface area contributed by atoms with Crippen LogP contribution in [-0.4, -0.2) is 13.7 Å². The Kier molecular flexibility index (Phi) is 3.04. The van der Waals surface area contributed by atoms with E-state index < -0.39 is 0 Å². The Labute approximate surface area is 72.6 Å². The fourth-order valence-corrected chi connectivity index (χ4v) is 0.937. The van der Waals surface area contributed by atoms with Gasteiger partial charge in [-0.2, -0.15) is 0 Å². The molecule has 0 radical (unpaired) electrons. The van der Waals surface area contributed by atoms with Crippen LogP contribution in [0, 0.1) is 12.3 Å². The van der Waals surface area contributed by atoms with E-state index in [-0.39, 0.29) is 0 Å². The molecule has 0 aromatic heterocycles. The third-order valence-corrected chi connectivity index (χ3v) is 1.49. The third kappa shape index (κ3) is 1.93. The van der Waals surface area contributed by atoms with Crippen LogP contribution >= 0.6 is 0 Å². The van der Waals surface area contributed by atoms with E-state index in [0.717, 1.165) is 11.4 Å². The maximum absolute atomic E-state index is 5.11. The first-order valence-electron chi connectivity index (χ1n) is 3.69. The summed E-state index contributed by atoms with van der Waals surface area (Å²) in [6.07, 6.45) is 5.11. The van der Waals surface area contributed by atoms with Crippen LogP contribution in [0.5, 0.6) is 5.75 Å². The van der Waals surface area contributed by atoms with Gasteiger partial charge in [0.2, 0.25) is 0 Å². The van der Waals surface area contributed by atoms with E-state index in [1.807, 2.05) is 24.3 Å². The van der Waals surface area contributed by atoms with Crippen molar-refractivity contribution in [2.75, 3.05) is 19.0 Å². The van der Waals surface area contributed by atoms with Crippen LogP contribution in [-0.2, 0) is 0 Å². The van der Waals surface area contributed by atoms with Gasteiger partial charge in [-0.15, -0.1) is 6.42 Å². The predicted octanol–water partition coefficient (Wildman–Crippen LogP) is 1.74. The van der Waals surface area contributed by atoms with Crippen molar-refractivity contribution in [1.82, 2.24) is 0 Å². The zero-order valence-corrected chi connectivity index (χ0v) is 7.00. The standard InChI is InChI=1S/C10H11NO/c1-3-8-11-9-6-4-5-7-10(9)12-2/h1,4-7,11H,8H2,2H3. The lowest BCUT2D eigenvalue weighted by Crippen LogP contribution is -2.00. The number of ether oxygens (including phenoxy) is 1. The molecule has 0 aliphatic rings. The van der Waals surface area contributed by atoms with Crippen molar-refractivity contribution in [3.05, 3.63) is 24.3 Å². The number of anilines is 1. The molecule has 0 aliphatic heterocycles. The van der Waals surface area contributed by atoms with Crippen molar-refractivity contribution >= 4 is 5.69 Å². The van der Waals surface area contributed by atoms with Crippen molar-refractivity contribution in [3.8, 4) is 18.1 Å². The molecule has 0 heterocycles. The van der Waals surface area contributed by atoms with Gasteiger partial charge in [-0.25, -0.2) is 0 Å². The third-order valence-electron chi connectivity index (χ3n) is 1.49. The molecule has 0 fully saturated rings. The summed E-state index contributed by atoms with van der Waals surface area (Å²) in [7, 11) is 1.64. The Bertz CT molecular complexity index is 288. The number of hydrogen-bond donors (Lipinski definition) is 1. The molecule has 0 amide bonds. The highest BCUT2D eigenvalue weighted by Gasteiger charge is 1.97. The fraction of sp³-hybridized carbons (Fsp3) is 0.200. The first-order valence-corrected chi connectivity index (χ1v) is 3.69. The number of methoxy groups -OCH3 is 1. The Morgan fingerprint density at radius 2 is 2.25 bits per heavy atom. The van der Waals surface area contributed by atoms with E-state index in [4.69, 9.17) is 11.2 Å². The van der Waals surface area contributed by atoms with E-state index in [1.165, 1.54) is 0 Å². The Morgan fingerprint density at radius 3 is 2.92 bits per heavy atom. The zero-order valence-electron chi connectivity index (χ0n) is 7.00. The smallest absolute Gasteiger partial charge is 0.141 e. The van der Waals surface area contributed by atoms with Crippen molar-refractivity contribution in [2.24, 2.45) is 0 Å². The number of para-hydroxylation sites is 2. The maximum atomic E-state index is 5.11. The number of rotatable bonds is 3. The van der Waals surface area contributed by atoms with Crippen molar-refractivity contribution in [3.63, 3.8) is 0 Å². The minimum atomic E-state index is 0.514. The van der Waals surface area contributed by atoms with Gasteiger partial charge < -0.3 is 10.1 Å². The quantitative estimate of drug-likeness (QED) is 0.682. The molecule has 0 saturated carbocycles. The SMILES string of the molecule is C#CCNc1ccccc1OC. The zero-order chi connectivity index (χ0) is 8.81.